The molecule has 5 nitrogen and oxygen atoms in total. The summed E-state index contributed by atoms with van der Waals surface area (Å²) in [6.45, 7) is 5.02. The van der Waals surface area contributed by atoms with Crippen molar-refractivity contribution in [3.05, 3.63) is 53.5 Å². The molecule has 0 atom stereocenters. The third kappa shape index (κ3) is 3.12. The maximum atomic E-state index is 11.3. The van der Waals surface area contributed by atoms with Gasteiger partial charge in [0.2, 0.25) is 0 Å². The Morgan fingerprint density at radius 3 is 2.70 bits per heavy atom. The quantitative estimate of drug-likeness (QED) is 0.905. The largest absolute Gasteiger partial charge is 0.478 e. The van der Waals surface area contributed by atoms with Crippen LogP contribution in [0.5, 0.6) is 0 Å². The number of anilines is 1. The average Bonchev–Trinajstić information content (AvgIpc) is 2.45. The second kappa shape index (κ2) is 6.14. The highest BCUT2D eigenvalue weighted by Gasteiger charge is 2.17. The van der Waals surface area contributed by atoms with Crippen LogP contribution in [0.2, 0.25) is 0 Å². The van der Waals surface area contributed by atoms with E-state index in [1.807, 2.05) is 36.9 Å². The zero-order valence-corrected chi connectivity index (χ0v) is 11.6. The third-order valence-electron chi connectivity index (χ3n) is 3.01. The van der Waals surface area contributed by atoms with Gasteiger partial charge >= 0.3 is 5.97 Å². The topological polar surface area (TPSA) is 66.3 Å². The van der Waals surface area contributed by atoms with Crippen LogP contribution < -0.4 is 4.90 Å². The Kier molecular flexibility index (Phi) is 4.30. The summed E-state index contributed by atoms with van der Waals surface area (Å²) in [5, 5.41) is 9.28. The second-order valence-corrected chi connectivity index (χ2v) is 4.46. The first-order chi connectivity index (χ1) is 9.61. The Balaban J connectivity index is 2.36. The van der Waals surface area contributed by atoms with Crippen LogP contribution in [0.3, 0.4) is 0 Å². The van der Waals surface area contributed by atoms with E-state index in [2.05, 4.69) is 9.97 Å². The summed E-state index contributed by atoms with van der Waals surface area (Å²) in [6.07, 6.45) is 1.73. The fourth-order valence-corrected chi connectivity index (χ4v) is 1.97. The summed E-state index contributed by atoms with van der Waals surface area (Å²) in [6, 6.07) is 8.99. The molecule has 0 fully saturated rings. The van der Waals surface area contributed by atoms with Gasteiger partial charge in [0.05, 0.1) is 12.2 Å². The number of rotatable bonds is 5. The number of carboxylic acid groups (broad SMARTS) is 1. The Morgan fingerprint density at radius 1 is 1.30 bits per heavy atom. The van der Waals surface area contributed by atoms with Crippen LogP contribution >= 0.6 is 0 Å². The molecule has 0 aliphatic rings. The molecule has 0 saturated carbocycles. The minimum absolute atomic E-state index is 0.216. The van der Waals surface area contributed by atoms with E-state index < -0.39 is 5.97 Å². The molecule has 0 aromatic carbocycles. The summed E-state index contributed by atoms with van der Waals surface area (Å²) >= 11 is 0. The Hall–Kier alpha value is -2.43. The molecule has 1 N–H and O–H groups in total. The van der Waals surface area contributed by atoms with Gasteiger partial charge in [0.15, 0.2) is 0 Å². The standard InChI is InChI=1S/C15H17N3O2/c1-3-18(10-12-6-4-5-9-16-12)14-13(15(19)20)8-7-11(2)17-14/h4-9H,3,10H2,1-2H3,(H,19,20). The number of hydrogen-bond donors (Lipinski definition) is 1. The first-order valence-corrected chi connectivity index (χ1v) is 6.47. The molecule has 2 aromatic heterocycles. The van der Waals surface area contributed by atoms with E-state index in [9.17, 15) is 9.90 Å². The lowest BCUT2D eigenvalue weighted by atomic mass is 10.2. The van der Waals surface area contributed by atoms with Crippen molar-refractivity contribution in [2.45, 2.75) is 20.4 Å². The first kappa shape index (κ1) is 14.0. The number of aromatic nitrogens is 2. The molecule has 0 spiro atoms. The molecule has 2 heterocycles. The van der Waals surface area contributed by atoms with Crippen LogP contribution in [-0.4, -0.2) is 27.6 Å². The van der Waals surface area contributed by atoms with Crippen LogP contribution in [0.4, 0.5) is 5.82 Å². The zero-order chi connectivity index (χ0) is 14.5. The molecule has 0 amide bonds. The minimum Gasteiger partial charge on any atom is -0.478 e. The molecule has 0 unspecified atom stereocenters. The van der Waals surface area contributed by atoms with Crippen LogP contribution in [0.1, 0.15) is 28.7 Å². The predicted molar refractivity (Wildman–Crippen MR) is 76.9 cm³/mol. The number of aromatic carboxylic acids is 1. The maximum Gasteiger partial charge on any atom is 0.339 e. The van der Waals surface area contributed by atoms with Crippen LogP contribution in [0, 0.1) is 6.92 Å². The van der Waals surface area contributed by atoms with Gasteiger partial charge < -0.3 is 10.0 Å². The summed E-state index contributed by atoms with van der Waals surface area (Å²) < 4.78 is 0. The summed E-state index contributed by atoms with van der Waals surface area (Å²) in [5.41, 5.74) is 1.90. The molecule has 0 aliphatic carbocycles. The number of carboxylic acids is 1. The fourth-order valence-electron chi connectivity index (χ4n) is 1.97. The van der Waals surface area contributed by atoms with Crippen molar-refractivity contribution in [1.82, 2.24) is 9.97 Å². The highest BCUT2D eigenvalue weighted by molar-refractivity contribution is 5.93. The number of carbonyl (C=O) groups is 1. The van der Waals surface area contributed by atoms with Crippen molar-refractivity contribution in [3.63, 3.8) is 0 Å². The van der Waals surface area contributed by atoms with Crippen molar-refractivity contribution in [2.75, 3.05) is 11.4 Å². The van der Waals surface area contributed by atoms with Gasteiger partial charge in [-0.15, -0.1) is 0 Å². The molecule has 20 heavy (non-hydrogen) atoms. The molecular formula is C15H17N3O2. The van der Waals surface area contributed by atoms with E-state index in [0.717, 1.165) is 11.4 Å². The van der Waals surface area contributed by atoms with E-state index in [4.69, 9.17) is 0 Å². The molecule has 2 rings (SSSR count). The van der Waals surface area contributed by atoms with Gasteiger partial charge in [-0.1, -0.05) is 6.07 Å². The van der Waals surface area contributed by atoms with Crippen molar-refractivity contribution in [3.8, 4) is 0 Å². The molecule has 2 aromatic rings. The van der Waals surface area contributed by atoms with Gasteiger partial charge in [0.1, 0.15) is 11.4 Å². The lowest BCUT2D eigenvalue weighted by Crippen LogP contribution is -2.26. The Morgan fingerprint density at radius 2 is 2.10 bits per heavy atom. The zero-order valence-electron chi connectivity index (χ0n) is 11.6. The SMILES string of the molecule is CCN(Cc1ccccn1)c1nc(C)ccc1C(=O)O. The van der Waals surface area contributed by atoms with E-state index in [1.54, 1.807) is 18.3 Å². The van der Waals surface area contributed by atoms with E-state index in [1.165, 1.54) is 0 Å². The highest BCUT2D eigenvalue weighted by Crippen LogP contribution is 2.20. The van der Waals surface area contributed by atoms with Crippen LogP contribution in [0.15, 0.2) is 36.5 Å². The molecular weight excluding hydrogens is 254 g/mol. The highest BCUT2D eigenvalue weighted by atomic mass is 16.4. The first-order valence-electron chi connectivity index (χ1n) is 6.47. The number of nitrogens with zero attached hydrogens (tertiary/aromatic N) is 3. The van der Waals surface area contributed by atoms with Crippen molar-refractivity contribution in [2.24, 2.45) is 0 Å². The smallest absolute Gasteiger partial charge is 0.339 e. The molecule has 104 valence electrons. The van der Waals surface area contributed by atoms with Crippen molar-refractivity contribution in [1.29, 1.82) is 0 Å². The van der Waals surface area contributed by atoms with Gasteiger partial charge in [0, 0.05) is 18.4 Å². The Bertz CT molecular complexity index is 599. The van der Waals surface area contributed by atoms with Crippen LogP contribution in [0.25, 0.3) is 0 Å². The predicted octanol–water partition coefficient (Wildman–Crippen LogP) is 2.51. The number of hydrogen-bond acceptors (Lipinski definition) is 4. The lowest BCUT2D eigenvalue weighted by molar-refractivity contribution is 0.0697. The number of pyridine rings is 2. The van der Waals surface area contributed by atoms with Gasteiger partial charge in [0.25, 0.3) is 0 Å². The normalized spacial score (nSPS) is 10.3. The van der Waals surface area contributed by atoms with Crippen molar-refractivity contribution >= 4 is 11.8 Å². The maximum absolute atomic E-state index is 11.3. The van der Waals surface area contributed by atoms with Crippen molar-refractivity contribution < 1.29 is 9.90 Å². The van der Waals surface area contributed by atoms with E-state index >= 15 is 0 Å². The fraction of sp³-hybridized carbons (Fsp3) is 0.267. The summed E-state index contributed by atoms with van der Waals surface area (Å²) in [5.74, 6) is -0.474. The Labute approximate surface area is 117 Å². The molecule has 5 heteroatoms. The molecule has 0 bridgehead atoms. The molecule has 0 saturated heterocycles. The van der Waals surface area contributed by atoms with Gasteiger partial charge in [-0.2, -0.15) is 0 Å². The lowest BCUT2D eigenvalue weighted by Gasteiger charge is -2.23. The van der Waals surface area contributed by atoms with E-state index in [-0.39, 0.29) is 5.56 Å². The molecule has 0 aliphatic heterocycles. The van der Waals surface area contributed by atoms with E-state index in [0.29, 0.717) is 18.9 Å². The summed E-state index contributed by atoms with van der Waals surface area (Å²) in [4.78, 5) is 21.9. The average molecular weight is 271 g/mol. The minimum atomic E-state index is -0.966. The van der Waals surface area contributed by atoms with Gasteiger partial charge in [-0.25, -0.2) is 9.78 Å². The third-order valence-corrected chi connectivity index (χ3v) is 3.01. The van der Waals surface area contributed by atoms with Crippen LogP contribution in [-0.2, 0) is 6.54 Å². The number of aryl methyl sites for hydroxylation is 1. The summed E-state index contributed by atoms with van der Waals surface area (Å²) in [7, 11) is 0. The van der Waals surface area contributed by atoms with Gasteiger partial charge in [-0.3, -0.25) is 4.98 Å². The second-order valence-electron chi connectivity index (χ2n) is 4.46. The monoisotopic (exact) mass is 271 g/mol. The van der Waals surface area contributed by atoms with Gasteiger partial charge in [-0.05, 0) is 38.1 Å². The molecule has 0 radical (unpaired) electrons.